The van der Waals surface area contributed by atoms with E-state index < -0.39 is 0 Å². The first-order valence-corrected chi connectivity index (χ1v) is 6.23. The first kappa shape index (κ1) is 11.5. The van der Waals surface area contributed by atoms with Crippen LogP contribution in [0, 0.1) is 0 Å². The Labute approximate surface area is 97.9 Å². The van der Waals surface area contributed by atoms with Gasteiger partial charge in [0.15, 0.2) is 0 Å². The SMILES string of the molecule is CC1CCCCN1C(C)c1ccc(O)cc1. The maximum Gasteiger partial charge on any atom is 0.115 e. The fraction of sp³-hybridized carbons (Fsp3) is 0.571. The summed E-state index contributed by atoms with van der Waals surface area (Å²) in [7, 11) is 0. The second kappa shape index (κ2) is 4.88. The molecule has 1 aliphatic rings. The zero-order chi connectivity index (χ0) is 11.5. The van der Waals surface area contributed by atoms with Gasteiger partial charge >= 0.3 is 0 Å². The average molecular weight is 219 g/mol. The molecule has 1 aromatic rings. The van der Waals surface area contributed by atoms with Crippen molar-refractivity contribution in [1.82, 2.24) is 4.90 Å². The van der Waals surface area contributed by atoms with Crippen LogP contribution in [0.3, 0.4) is 0 Å². The fourth-order valence-electron chi connectivity index (χ4n) is 2.64. The van der Waals surface area contributed by atoms with Gasteiger partial charge < -0.3 is 5.11 Å². The second-order valence-electron chi connectivity index (χ2n) is 4.85. The molecule has 0 radical (unpaired) electrons. The summed E-state index contributed by atoms with van der Waals surface area (Å²) < 4.78 is 0. The van der Waals surface area contributed by atoms with Gasteiger partial charge in [-0.05, 0) is 50.9 Å². The number of nitrogens with zero attached hydrogens (tertiary/aromatic N) is 1. The molecule has 2 rings (SSSR count). The lowest BCUT2D eigenvalue weighted by atomic mass is 9.98. The number of phenols is 1. The standard InChI is InChI=1S/C14H21NO/c1-11-5-3-4-10-15(11)12(2)13-6-8-14(16)9-7-13/h6-9,11-12,16H,3-5,10H2,1-2H3. The van der Waals surface area contributed by atoms with E-state index in [1.807, 2.05) is 12.1 Å². The number of likely N-dealkylation sites (tertiary alicyclic amines) is 1. The van der Waals surface area contributed by atoms with Gasteiger partial charge in [-0.2, -0.15) is 0 Å². The number of benzene rings is 1. The fourth-order valence-corrected chi connectivity index (χ4v) is 2.64. The van der Waals surface area contributed by atoms with Crippen LogP contribution in [0.15, 0.2) is 24.3 Å². The van der Waals surface area contributed by atoms with Crippen molar-refractivity contribution in [2.45, 2.75) is 45.2 Å². The normalized spacial score (nSPS) is 24.2. The predicted molar refractivity (Wildman–Crippen MR) is 66.5 cm³/mol. The summed E-state index contributed by atoms with van der Waals surface area (Å²) in [4.78, 5) is 2.57. The zero-order valence-corrected chi connectivity index (χ0v) is 10.2. The third kappa shape index (κ3) is 2.38. The van der Waals surface area contributed by atoms with E-state index in [2.05, 4.69) is 18.7 Å². The van der Waals surface area contributed by atoms with Crippen LogP contribution in [-0.2, 0) is 0 Å². The van der Waals surface area contributed by atoms with E-state index in [4.69, 9.17) is 0 Å². The third-order valence-corrected chi connectivity index (χ3v) is 3.73. The largest absolute Gasteiger partial charge is 0.508 e. The van der Waals surface area contributed by atoms with Crippen molar-refractivity contribution in [3.63, 3.8) is 0 Å². The Kier molecular flexibility index (Phi) is 3.49. The molecule has 1 saturated heterocycles. The van der Waals surface area contributed by atoms with Gasteiger partial charge in [-0.25, -0.2) is 0 Å². The van der Waals surface area contributed by atoms with Crippen molar-refractivity contribution < 1.29 is 5.11 Å². The van der Waals surface area contributed by atoms with E-state index in [1.54, 1.807) is 12.1 Å². The Morgan fingerprint density at radius 2 is 1.94 bits per heavy atom. The van der Waals surface area contributed by atoms with Gasteiger partial charge in [-0.15, -0.1) is 0 Å². The molecular weight excluding hydrogens is 198 g/mol. The van der Waals surface area contributed by atoms with Gasteiger partial charge in [0.25, 0.3) is 0 Å². The zero-order valence-electron chi connectivity index (χ0n) is 10.2. The van der Waals surface area contributed by atoms with E-state index in [0.717, 1.165) is 0 Å². The topological polar surface area (TPSA) is 23.5 Å². The molecule has 0 aliphatic carbocycles. The molecule has 2 unspecified atom stereocenters. The maximum absolute atomic E-state index is 9.29. The van der Waals surface area contributed by atoms with Crippen molar-refractivity contribution in [1.29, 1.82) is 0 Å². The monoisotopic (exact) mass is 219 g/mol. The molecule has 1 heterocycles. The summed E-state index contributed by atoms with van der Waals surface area (Å²) in [5.74, 6) is 0.350. The molecule has 16 heavy (non-hydrogen) atoms. The number of aromatic hydroxyl groups is 1. The molecule has 2 nitrogen and oxygen atoms in total. The van der Waals surface area contributed by atoms with E-state index in [0.29, 0.717) is 17.8 Å². The molecule has 0 spiro atoms. The van der Waals surface area contributed by atoms with Crippen molar-refractivity contribution in [2.75, 3.05) is 6.54 Å². The average Bonchev–Trinajstić information content (AvgIpc) is 2.30. The summed E-state index contributed by atoms with van der Waals surface area (Å²) in [6, 6.07) is 8.75. The van der Waals surface area contributed by atoms with Gasteiger partial charge in [-0.3, -0.25) is 4.90 Å². The van der Waals surface area contributed by atoms with Gasteiger partial charge in [0.1, 0.15) is 5.75 Å². The van der Waals surface area contributed by atoms with Crippen molar-refractivity contribution in [3.05, 3.63) is 29.8 Å². The van der Waals surface area contributed by atoms with Crippen LogP contribution in [-0.4, -0.2) is 22.6 Å². The van der Waals surface area contributed by atoms with Gasteiger partial charge in [0.05, 0.1) is 0 Å². The van der Waals surface area contributed by atoms with Crippen LogP contribution >= 0.6 is 0 Å². The molecule has 1 aliphatic heterocycles. The molecule has 0 saturated carbocycles. The van der Waals surface area contributed by atoms with Crippen LogP contribution in [0.1, 0.15) is 44.7 Å². The highest BCUT2D eigenvalue weighted by Crippen LogP contribution is 2.28. The van der Waals surface area contributed by atoms with Gasteiger partial charge in [-0.1, -0.05) is 18.6 Å². The number of hydrogen-bond donors (Lipinski definition) is 1. The van der Waals surface area contributed by atoms with Gasteiger partial charge in [0, 0.05) is 12.1 Å². The molecule has 1 fully saturated rings. The number of phenolic OH excluding ortho intramolecular Hbond substituents is 1. The number of hydrogen-bond acceptors (Lipinski definition) is 2. The Morgan fingerprint density at radius 3 is 2.56 bits per heavy atom. The Bertz CT molecular complexity index is 333. The van der Waals surface area contributed by atoms with Crippen LogP contribution in [0.5, 0.6) is 5.75 Å². The molecule has 88 valence electrons. The minimum absolute atomic E-state index is 0.350. The lowest BCUT2D eigenvalue weighted by Gasteiger charge is -2.38. The summed E-state index contributed by atoms with van der Waals surface area (Å²) in [5.41, 5.74) is 1.30. The first-order chi connectivity index (χ1) is 7.68. The lowest BCUT2D eigenvalue weighted by Crippen LogP contribution is -2.39. The minimum Gasteiger partial charge on any atom is -0.508 e. The minimum atomic E-state index is 0.350. The highest BCUT2D eigenvalue weighted by molar-refractivity contribution is 5.27. The predicted octanol–water partition coefficient (Wildman–Crippen LogP) is 3.33. The summed E-state index contributed by atoms with van der Waals surface area (Å²) in [6.45, 7) is 5.77. The molecule has 2 atom stereocenters. The van der Waals surface area contributed by atoms with Crippen LogP contribution < -0.4 is 0 Å². The Hall–Kier alpha value is -1.02. The molecule has 2 heteroatoms. The van der Waals surface area contributed by atoms with Gasteiger partial charge in [0.2, 0.25) is 0 Å². The molecule has 1 N–H and O–H groups in total. The molecule has 0 aromatic heterocycles. The quantitative estimate of drug-likeness (QED) is 0.824. The van der Waals surface area contributed by atoms with E-state index in [-0.39, 0.29) is 0 Å². The van der Waals surface area contributed by atoms with Crippen molar-refractivity contribution in [3.8, 4) is 5.75 Å². The van der Waals surface area contributed by atoms with Crippen molar-refractivity contribution in [2.24, 2.45) is 0 Å². The first-order valence-electron chi connectivity index (χ1n) is 6.23. The van der Waals surface area contributed by atoms with E-state index in [9.17, 15) is 5.11 Å². The van der Waals surface area contributed by atoms with Crippen LogP contribution in [0.4, 0.5) is 0 Å². The van der Waals surface area contributed by atoms with E-state index in [1.165, 1.54) is 31.4 Å². The Balaban J connectivity index is 2.11. The molecular formula is C14H21NO. The number of piperidine rings is 1. The summed E-state index contributed by atoms with van der Waals surface area (Å²) >= 11 is 0. The summed E-state index contributed by atoms with van der Waals surface area (Å²) in [6.07, 6.45) is 3.98. The van der Waals surface area contributed by atoms with E-state index >= 15 is 0 Å². The van der Waals surface area contributed by atoms with Crippen molar-refractivity contribution >= 4 is 0 Å². The van der Waals surface area contributed by atoms with Crippen LogP contribution in [0.25, 0.3) is 0 Å². The second-order valence-corrected chi connectivity index (χ2v) is 4.85. The van der Waals surface area contributed by atoms with Crippen LogP contribution in [0.2, 0.25) is 0 Å². The molecule has 0 amide bonds. The molecule has 0 bridgehead atoms. The highest BCUT2D eigenvalue weighted by Gasteiger charge is 2.23. The number of rotatable bonds is 2. The smallest absolute Gasteiger partial charge is 0.115 e. The highest BCUT2D eigenvalue weighted by atomic mass is 16.3. The third-order valence-electron chi connectivity index (χ3n) is 3.73. The lowest BCUT2D eigenvalue weighted by molar-refractivity contribution is 0.114. The molecule has 1 aromatic carbocycles. The maximum atomic E-state index is 9.29. The summed E-state index contributed by atoms with van der Waals surface area (Å²) in [5, 5.41) is 9.29. The Morgan fingerprint density at radius 1 is 1.25 bits per heavy atom.